The molecule has 3 aromatic heterocycles. The normalized spacial score (nSPS) is 13.6. The van der Waals surface area contributed by atoms with Gasteiger partial charge in [0.25, 0.3) is 5.91 Å². The highest BCUT2D eigenvalue weighted by molar-refractivity contribution is 6.07. The molecule has 3 aromatic rings. The van der Waals surface area contributed by atoms with Gasteiger partial charge in [-0.1, -0.05) is 0 Å². The van der Waals surface area contributed by atoms with Crippen molar-refractivity contribution in [3.63, 3.8) is 0 Å². The van der Waals surface area contributed by atoms with Crippen LogP contribution in [0.4, 0.5) is 6.01 Å². The molecule has 0 atom stereocenters. The van der Waals surface area contributed by atoms with E-state index in [1.807, 2.05) is 10.5 Å². The highest BCUT2D eigenvalue weighted by Crippen LogP contribution is 2.25. The fourth-order valence-electron chi connectivity index (χ4n) is 2.65. The Labute approximate surface area is 113 Å². The lowest BCUT2D eigenvalue weighted by Crippen LogP contribution is -2.15. The number of rotatable bonds is 2. The number of pyridine rings is 1. The van der Waals surface area contributed by atoms with E-state index in [9.17, 15) is 4.79 Å². The molecule has 0 saturated heterocycles. The Kier molecular flexibility index (Phi) is 2.32. The van der Waals surface area contributed by atoms with Crippen molar-refractivity contribution < 1.29 is 9.21 Å². The van der Waals surface area contributed by atoms with Crippen molar-refractivity contribution in [2.45, 2.75) is 19.3 Å². The summed E-state index contributed by atoms with van der Waals surface area (Å²) < 4.78 is 6.92. The summed E-state index contributed by atoms with van der Waals surface area (Å²) in [6, 6.07) is 2.07. The van der Waals surface area contributed by atoms with Crippen LogP contribution in [-0.2, 0) is 12.8 Å². The van der Waals surface area contributed by atoms with E-state index in [0.717, 1.165) is 19.3 Å². The number of carbonyl (C=O) groups excluding carboxylic acids is 1. The van der Waals surface area contributed by atoms with Crippen molar-refractivity contribution in [2.75, 3.05) is 5.32 Å². The zero-order valence-electron chi connectivity index (χ0n) is 10.5. The summed E-state index contributed by atoms with van der Waals surface area (Å²) in [6.45, 7) is 0. The SMILES string of the molecule is O=C(Nc1ncco1)c1cc2c(n3cnnc13)CCC2. The van der Waals surface area contributed by atoms with Crippen LogP contribution in [0.2, 0.25) is 0 Å². The predicted octanol–water partition coefficient (Wildman–Crippen LogP) is 1.46. The molecule has 0 fully saturated rings. The van der Waals surface area contributed by atoms with Crippen LogP contribution in [-0.4, -0.2) is 25.5 Å². The quantitative estimate of drug-likeness (QED) is 0.761. The molecule has 0 bridgehead atoms. The molecular weight excluding hydrogens is 258 g/mol. The molecule has 100 valence electrons. The molecule has 1 aliphatic rings. The Hall–Kier alpha value is -2.70. The fraction of sp³-hybridized carbons (Fsp3) is 0.231. The first-order chi connectivity index (χ1) is 9.83. The van der Waals surface area contributed by atoms with Gasteiger partial charge in [-0.15, -0.1) is 10.2 Å². The maximum absolute atomic E-state index is 12.3. The van der Waals surface area contributed by atoms with Crippen molar-refractivity contribution in [2.24, 2.45) is 0 Å². The molecule has 0 spiro atoms. The first-order valence-corrected chi connectivity index (χ1v) is 6.38. The Morgan fingerprint density at radius 2 is 2.35 bits per heavy atom. The molecule has 1 aliphatic carbocycles. The number of carbonyl (C=O) groups is 1. The van der Waals surface area contributed by atoms with Crippen LogP contribution in [0.15, 0.2) is 29.3 Å². The zero-order chi connectivity index (χ0) is 13.5. The predicted molar refractivity (Wildman–Crippen MR) is 69.5 cm³/mol. The number of nitrogens with zero attached hydrogens (tertiary/aromatic N) is 4. The minimum atomic E-state index is -0.292. The fourth-order valence-corrected chi connectivity index (χ4v) is 2.65. The number of nitrogens with one attached hydrogen (secondary N) is 1. The summed E-state index contributed by atoms with van der Waals surface area (Å²) in [7, 11) is 0. The second-order valence-corrected chi connectivity index (χ2v) is 4.70. The Morgan fingerprint density at radius 1 is 1.40 bits per heavy atom. The third-order valence-corrected chi connectivity index (χ3v) is 3.53. The van der Waals surface area contributed by atoms with E-state index >= 15 is 0 Å². The second-order valence-electron chi connectivity index (χ2n) is 4.70. The monoisotopic (exact) mass is 269 g/mol. The van der Waals surface area contributed by atoms with Gasteiger partial charge in [0.2, 0.25) is 0 Å². The van der Waals surface area contributed by atoms with Gasteiger partial charge in [0, 0.05) is 5.69 Å². The van der Waals surface area contributed by atoms with Gasteiger partial charge in [-0.3, -0.25) is 14.5 Å². The first-order valence-electron chi connectivity index (χ1n) is 6.38. The first kappa shape index (κ1) is 11.2. The van der Waals surface area contributed by atoms with E-state index in [2.05, 4.69) is 20.5 Å². The minimum Gasteiger partial charge on any atom is -0.432 e. The smallest absolute Gasteiger partial charge is 0.301 e. The van der Waals surface area contributed by atoms with Crippen LogP contribution in [0.3, 0.4) is 0 Å². The van der Waals surface area contributed by atoms with Crippen molar-refractivity contribution in [1.82, 2.24) is 19.6 Å². The molecule has 0 saturated carbocycles. The molecule has 0 unspecified atom stereocenters. The summed E-state index contributed by atoms with van der Waals surface area (Å²) in [5, 5.41) is 10.6. The molecule has 1 amide bonds. The Bertz CT molecular complexity index is 791. The summed E-state index contributed by atoms with van der Waals surface area (Å²) in [4.78, 5) is 16.2. The largest absolute Gasteiger partial charge is 0.432 e. The number of hydrogen-bond donors (Lipinski definition) is 1. The summed E-state index contributed by atoms with van der Waals surface area (Å²) in [5.41, 5.74) is 3.42. The molecule has 20 heavy (non-hydrogen) atoms. The number of amides is 1. The molecule has 0 radical (unpaired) electrons. The topological polar surface area (TPSA) is 85.3 Å². The van der Waals surface area contributed by atoms with E-state index < -0.39 is 0 Å². The van der Waals surface area contributed by atoms with Gasteiger partial charge < -0.3 is 4.42 Å². The molecule has 7 nitrogen and oxygen atoms in total. The molecule has 7 heteroatoms. The minimum absolute atomic E-state index is 0.174. The van der Waals surface area contributed by atoms with Crippen molar-refractivity contribution >= 4 is 17.6 Å². The highest BCUT2D eigenvalue weighted by atomic mass is 16.4. The summed E-state index contributed by atoms with van der Waals surface area (Å²) in [6.07, 6.45) is 7.60. The Balaban J connectivity index is 1.81. The van der Waals surface area contributed by atoms with E-state index in [1.54, 1.807) is 6.33 Å². The standard InChI is InChI=1S/C13H11N5O2/c19-12(16-13-14-4-5-20-13)9-6-8-2-1-3-10(8)18-7-15-17-11(9)18/h4-7H,1-3H2,(H,14,16,19). The van der Waals surface area contributed by atoms with Crippen molar-refractivity contribution in [1.29, 1.82) is 0 Å². The van der Waals surface area contributed by atoms with Gasteiger partial charge in [-0.25, -0.2) is 4.98 Å². The molecule has 1 N–H and O–H groups in total. The van der Waals surface area contributed by atoms with Crippen molar-refractivity contribution in [3.05, 3.63) is 41.7 Å². The number of oxazole rings is 1. The van der Waals surface area contributed by atoms with Crippen LogP contribution in [0, 0.1) is 0 Å². The van der Waals surface area contributed by atoms with E-state index in [4.69, 9.17) is 4.42 Å². The number of hydrogen-bond acceptors (Lipinski definition) is 5. The highest BCUT2D eigenvalue weighted by Gasteiger charge is 2.22. The third kappa shape index (κ3) is 1.59. The van der Waals surface area contributed by atoms with Gasteiger partial charge in [-0.2, -0.15) is 0 Å². The number of fused-ring (bicyclic) bond motifs is 3. The van der Waals surface area contributed by atoms with Gasteiger partial charge in [0.1, 0.15) is 12.6 Å². The third-order valence-electron chi connectivity index (χ3n) is 3.53. The summed E-state index contributed by atoms with van der Waals surface area (Å²) in [5.74, 6) is -0.292. The average molecular weight is 269 g/mol. The van der Waals surface area contributed by atoms with Gasteiger partial charge in [0.15, 0.2) is 5.65 Å². The van der Waals surface area contributed by atoms with Gasteiger partial charge in [0.05, 0.1) is 11.8 Å². The lowest BCUT2D eigenvalue weighted by Gasteiger charge is -2.07. The van der Waals surface area contributed by atoms with E-state index in [0.29, 0.717) is 11.2 Å². The lowest BCUT2D eigenvalue weighted by molar-refractivity contribution is 0.102. The number of anilines is 1. The van der Waals surface area contributed by atoms with Crippen LogP contribution < -0.4 is 5.32 Å². The van der Waals surface area contributed by atoms with Crippen molar-refractivity contribution in [3.8, 4) is 0 Å². The maximum Gasteiger partial charge on any atom is 0.301 e. The Morgan fingerprint density at radius 3 is 3.20 bits per heavy atom. The summed E-state index contributed by atoms with van der Waals surface area (Å²) >= 11 is 0. The van der Waals surface area contributed by atoms with E-state index in [1.165, 1.54) is 23.7 Å². The van der Waals surface area contributed by atoms with E-state index in [-0.39, 0.29) is 11.9 Å². The second kappa shape index (κ2) is 4.16. The molecule has 0 aliphatic heterocycles. The molecular formula is C13H11N5O2. The molecule has 4 rings (SSSR count). The average Bonchev–Trinajstić information content (AvgIpc) is 3.17. The van der Waals surface area contributed by atoms with Gasteiger partial charge >= 0.3 is 6.01 Å². The maximum atomic E-state index is 12.3. The van der Waals surface area contributed by atoms with Crippen LogP contribution in [0.1, 0.15) is 28.0 Å². The van der Waals surface area contributed by atoms with Crippen LogP contribution in [0.25, 0.3) is 5.65 Å². The zero-order valence-corrected chi connectivity index (χ0v) is 10.5. The molecule has 3 heterocycles. The van der Waals surface area contributed by atoms with Crippen LogP contribution in [0.5, 0.6) is 0 Å². The van der Waals surface area contributed by atoms with Crippen LogP contribution >= 0.6 is 0 Å². The number of aromatic nitrogens is 4. The lowest BCUT2D eigenvalue weighted by atomic mass is 10.1. The number of aryl methyl sites for hydroxylation is 2. The van der Waals surface area contributed by atoms with Gasteiger partial charge in [-0.05, 0) is 30.9 Å². The molecule has 0 aromatic carbocycles.